The van der Waals surface area contributed by atoms with E-state index < -0.39 is 17.7 Å². The van der Waals surface area contributed by atoms with Crippen molar-refractivity contribution in [2.45, 2.75) is 38.0 Å². The van der Waals surface area contributed by atoms with Crippen LogP contribution in [0.25, 0.3) is 10.8 Å². The second-order valence-corrected chi connectivity index (χ2v) is 8.23. The number of alkyl halides is 3. The van der Waals surface area contributed by atoms with Crippen molar-refractivity contribution in [2.75, 3.05) is 6.54 Å². The highest BCUT2D eigenvalue weighted by Crippen LogP contribution is 2.38. The van der Waals surface area contributed by atoms with E-state index in [1.54, 1.807) is 0 Å². The molecule has 3 nitrogen and oxygen atoms in total. The normalized spacial score (nSPS) is 20.1. The van der Waals surface area contributed by atoms with Gasteiger partial charge in [0.25, 0.3) is 0 Å². The molecule has 1 aliphatic rings. The van der Waals surface area contributed by atoms with Gasteiger partial charge in [0.05, 0.1) is 5.56 Å². The predicted octanol–water partition coefficient (Wildman–Crippen LogP) is 6.29. The summed E-state index contributed by atoms with van der Waals surface area (Å²) >= 11 is 0. The van der Waals surface area contributed by atoms with Gasteiger partial charge in [-0.25, -0.2) is 0 Å². The Kier molecular flexibility index (Phi) is 6.01. The second-order valence-electron chi connectivity index (χ2n) is 8.23. The van der Waals surface area contributed by atoms with E-state index in [2.05, 4.69) is 29.2 Å². The summed E-state index contributed by atoms with van der Waals surface area (Å²) in [4.78, 5) is 13.5. The van der Waals surface area contributed by atoms with Crippen LogP contribution in [0.5, 0.6) is 0 Å². The highest BCUT2D eigenvalue weighted by molar-refractivity contribution is 5.85. The van der Waals surface area contributed by atoms with E-state index in [-0.39, 0.29) is 18.4 Å². The lowest BCUT2D eigenvalue weighted by Gasteiger charge is -2.40. The Morgan fingerprint density at radius 3 is 2.42 bits per heavy atom. The van der Waals surface area contributed by atoms with E-state index in [9.17, 15) is 23.1 Å². The highest BCUT2D eigenvalue weighted by Gasteiger charge is 2.33. The van der Waals surface area contributed by atoms with E-state index in [0.29, 0.717) is 19.5 Å². The molecule has 0 aliphatic carbocycles. The zero-order chi connectivity index (χ0) is 22.0. The lowest BCUT2D eigenvalue weighted by molar-refractivity contribution is -0.139. The van der Waals surface area contributed by atoms with Gasteiger partial charge >= 0.3 is 12.1 Å². The molecule has 6 heteroatoms. The first kappa shape index (κ1) is 21.4. The second kappa shape index (κ2) is 8.71. The largest absolute Gasteiger partial charge is 0.481 e. The lowest BCUT2D eigenvalue weighted by atomic mass is 9.84. The van der Waals surface area contributed by atoms with Gasteiger partial charge in [-0.05, 0) is 59.3 Å². The third-order valence-corrected chi connectivity index (χ3v) is 6.16. The molecule has 31 heavy (non-hydrogen) atoms. The van der Waals surface area contributed by atoms with Gasteiger partial charge in [-0.3, -0.25) is 9.69 Å². The number of carboxylic acids is 1. The Bertz CT molecular complexity index is 1060. The summed E-state index contributed by atoms with van der Waals surface area (Å²) in [6.45, 7) is 1.36. The quantitative estimate of drug-likeness (QED) is 0.520. The van der Waals surface area contributed by atoms with Gasteiger partial charge in [0.1, 0.15) is 0 Å². The maximum absolute atomic E-state index is 13.0. The first-order valence-electron chi connectivity index (χ1n) is 10.4. The molecule has 0 amide bonds. The molecule has 0 bridgehead atoms. The fraction of sp³-hybridized carbons (Fsp3) is 0.320. The molecule has 4 rings (SSSR count). The first-order chi connectivity index (χ1) is 14.8. The van der Waals surface area contributed by atoms with Crippen LogP contribution in [0.4, 0.5) is 13.2 Å². The van der Waals surface area contributed by atoms with Gasteiger partial charge in [0.2, 0.25) is 0 Å². The van der Waals surface area contributed by atoms with E-state index in [0.717, 1.165) is 40.5 Å². The number of rotatable bonds is 5. The molecule has 2 atom stereocenters. The zero-order valence-corrected chi connectivity index (χ0v) is 17.0. The first-order valence-corrected chi connectivity index (χ1v) is 10.4. The van der Waals surface area contributed by atoms with Crippen molar-refractivity contribution in [3.05, 3.63) is 83.4 Å². The number of nitrogens with zero attached hydrogens (tertiary/aromatic N) is 1. The van der Waals surface area contributed by atoms with Crippen LogP contribution in [0.2, 0.25) is 0 Å². The molecule has 0 radical (unpaired) electrons. The summed E-state index contributed by atoms with van der Waals surface area (Å²) in [6.07, 6.45) is -2.92. The molecule has 1 N–H and O–H groups in total. The molecule has 3 aromatic rings. The molecule has 1 fully saturated rings. The third kappa shape index (κ3) is 4.90. The van der Waals surface area contributed by atoms with Gasteiger partial charge < -0.3 is 5.11 Å². The molecule has 1 saturated heterocycles. The monoisotopic (exact) mass is 427 g/mol. The molecule has 0 unspecified atom stereocenters. The minimum atomic E-state index is -4.38. The Balaban J connectivity index is 1.64. The Labute approximate surface area is 179 Å². The molecule has 0 aromatic heterocycles. The van der Waals surface area contributed by atoms with Gasteiger partial charge in [0, 0.05) is 19.0 Å². The van der Waals surface area contributed by atoms with Crippen LogP contribution >= 0.6 is 0 Å². The van der Waals surface area contributed by atoms with Crippen molar-refractivity contribution in [3.8, 4) is 0 Å². The number of benzene rings is 3. The van der Waals surface area contributed by atoms with Crippen LogP contribution in [0.15, 0.2) is 66.7 Å². The number of carboxylic acid groups (broad SMARTS) is 1. The number of hydrogen-bond acceptors (Lipinski definition) is 2. The Morgan fingerprint density at radius 1 is 1.00 bits per heavy atom. The molecule has 162 valence electrons. The standard InChI is InChI=1S/C25H24F3NO2/c26-25(27,28)21-10-8-19(9-11-21)23-14-17(15-24(30)31)12-13-29(23)16-20-6-3-5-18-4-1-2-7-22(18)20/h1-11,17,23H,12-16H2,(H,30,31)/t17-,23+/m1/s1. The van der Waals surface area contributed by atoms with Crippen molar-refractivity contribution >= 4 is 16.7 Å². The van der Waals surface area contributed by atoms with Crippen molar-refractivity contribution in [3.63, 3.8) is 0 Å². The van der Waals surface area contributed by atoms with Crippen LogP contribution in [0.3, 0.4) is 0 Å². The lowest BCUT2D eigenvalue weighted by Crippen LogP contribution is -2.37. The smallest absolute Gasteiger partial charge is 0.416 e. The fourth-order valence-corrected chi connectivity index (χ4v) is 4.60. The van der Waals surface area contributed by atoms with Crippen LogP contribution in [-0.4, -0.2) is 22.5 Å². The number of halogens is 3. The number of aliphatic carboxylic acids is 1. The number of hydrogen-bond donors (Lipinski definition) is 1. The van der Waals surface area contributed by atoms with Crippen molar-refractivity contribution < 1.29 is 23.1 Å². The summed E-state index contributed by atoms with van der Waals surface area (Å²) in [5.41, 5.74) is 1.28. The topological polar surface area (TPSA) is 40.5 Å². The average Bonchev–Trinajstić information content (AvgIpc) is 2.74. The molecule has 0 saturated carbocycles. The van der Waals surface area contributed by atoms with E-state index in [4.69, 9.17) is 0 Å². The van der Waals surface area contributed by atoms with Crippen LogP contribution in [0, 0.1) is 5.92 Å². The maximum Gasteiger partial charge on any atom is 0.416 e. The number of carbonyl (C=O) groups is 1. The Morgan fingerprint density at radius 2 is 1.71 bits per heavy atom. The third-order valence-electron chi connectivity index (χ3n) is 6.16. The summed E-state index contributed by atoms with van der Waals surface area (Å²) in [5, 5.41) is 11.5. The molecule has 1 heterocycles. The molecular formula is C25H24F3NO2. The van der Waals surface area contributed by atoms with E-state index in [1.165, 1.54) is 12.1 Å². The summed E-state index contributed by atoms with van der Waals surface area (Å²) in [7, 11) is 0. The SMILES string of the molecule is O=C(O)C[C@@H]1CCN(Cc2cccc3ccccc23)[C@H](c2ccc(C(F)(F)F)cc2)C1. The van der Waals surface area contributed by atoms with Crippen molar-refractivity contribution in [1.29, 1.82) is 0 Å². The van der Waals surface area contributed by atoms with Gasteiger partial charge in [-0.1, -0.05) is 54.6 Å². The molecule has 3 aromatic carbocycles. The van der Waals surface area contributed by atoms with Crippen molar-refractivity contribution in [2.24, 2.45) is 5.92 Å². The number of piperidine rings is 1. The average molecular weight is 427 g/mol. The summed E-state index contributed by atoms with van der Waals surface area (Å²) in [6, 6.07) is 19.5. The highest BCUT2D eigenvalue weighted by atomic mass is 19.4. The predicted molar refractivity (Wildman–Crippen MR) is 114 cm³/mol. The summed E-state index contributed by atoms with van der Waals surface area (Å²) < 4.78 is 39.0. The Hall–Kier alpha value is -2.86. The molecular weight excluding hydrogens is 403 g/mol. The minimum Gasteiger partial charge on any atom is -0.481 e. The van der Waals surface area contributed by atoms with Crippen LogP contribution in [-0.2, 0) is 17.5 Å². The van der Waals surface area contributed by atoms with Gasteiger partial charge in [-0.15, -0.1) is 0 Å². The molecule has 0 spiro atoms. The fourth-order valence-electron chi connectivity index (χ4n) is 4.60. The van der Waals surface area contributed by atoms with Gasteiger partial charge in [0.15, 0.2) is 0 Å². The number of likely N-dealkylation sites (tertiary alicyclic amines) is 1. The van der Waals surface area contributed by atoms with Crippen LogP contribution < -0.4 is 0 Å². The van der Waals surface area contributed by atoms with Crippen molar-refractivity contribution in [1.82, 2.24) is 4.90 Å². The number of fused-ring (bicyclic) bond motifs is 1. The summed E-state index contributed by atoms with van der Waals surface area (Å²) in [5.74, 6) is -0.827. The van der Waals surface area contributed by atoms with Crippen LogP contribution in [0.1, 0.15) is 42.0 Å². The zero-order valence-electron chi connectivity index (χ0n) is 17.0. The minimum absolute atomic E-state index is 0.00793. The molecule has 1 aliphatic heterocycles. The maximum atomic E-state index is 13.0. The van der Waals surface area contributed by atoms with Gasteiger partial charge in [-0.2, -0.15) is 13.2 Å². The van der Waals surface area contributed by atoms with E-state index in [1.807, 2.05) is 18.2 Å². The van der Waals surface area contributed by atoms with E-state index >= 15 is 0 Å².